The lowest BCUT2D eigenvalue weighted by atomic mass is 9.88. The fourth-order valence-electron chi connectivity index (χ4n) is 2.99. The molecule has 136 valence electrons. The van der Waals surface area contributed by atoms with E-state index >= 15 is 0 Å². The molecule has 1 heterocycles. The molecule has 0 aromatic carbocycles. The first-order chi connectivity index (χ1) is 12.0. The molecule has 6 nitrogen and oxygen atoms in total. The number of esters is 1. The Kier molecular flexibility index (Phi) is 6.97. The van der Waals surface area contributed by atoms with Gasteiger partial charge in [0.2, 0.25) is 5.91 Å². The highest BCUT2D eigenvalue weighted by Crippen LogP contribution is 2.40. The summed E-state index contributed by atoms with van der Waals surface area (Å²) in [6, 6.07) is 2.06. The number of thiophene rings is 1. The topological polar surface area (TPSA) is 82.4 Å². The average molecular weight is 363 g/mol. The summed E-state index contributed by atoms with van der Waals surface area (Å²) in [7, 11) is 1.80. The molecule has 1 aromatic rings. The Hall–Kier alpha value is -1.91. The highest BCUT2D eigenvalue weighted by molar-refractivity contribution is 7.17. The summed E-state index contributed by atoms with van der Waals surface area (Å²) in [6.07, 6.45) is 3.20. The number of amides is 1. The van der Waals surface area contributed by atoms with Gasteiger partial charge in [0.05, 0.1) is 24.8 Å². The van der Waals surface area contributed by atoms with Gasteiger partial charge in [-0.2, -0.15) is 5.26 Å². The molecule has 0 radical (unpaired) electrons. The number of ether oxygens (including phenoxy) is 1. The normalized spacial score (nSPS) is 16.2. The van der Waals surface area contributed by atoms with E-state index in [1.54, 1.807) is 18.9 Å². The van der Waals surface area contributed by atoms with E-state index in [2.05, 4.69) is 18.3 Å². The van der Waals surface area contributed by atoms with Crippen LogP contribution < -0.4 is 5.32 Å². The fraction of sp³-hybridized carbons (Fsp3) is 0.611. The quantitative estimate of drug-likeness (QED) is 0.753. The number of hydrogen-bond donors (Lipinski definition) is 1. The molecule has 0 saturated heterocycles. The van der Waals surface area contributed by atoms with Gasteiger partial charge in [-0.3, -0.25) is 9.69 Å². The Morgan fingerprint density at radius 3 is 2.92 bits per heavy atom. The van der Waals surface area contributed by atoms with Crippen molar-refractivity contribution in [2.24, 2.45) is 5.92 Å². The minimum atomic E-state index is -0.359. The summed E-state index contributed by atoms with van der Waals surface area (Å²) in [5.74, 6) is 0.0437. The molecule has 0 saturated carbocycles. The minimum Gasteiger partial charge on any atom is -0.462 e. The lowest BCUT2D eigenvalue weighted by Gasteiger charge is -2.18. The van der Waals surface area contributed by atoms with Crippen molar-refractivity contribution in [3.63, 3.8) is 0 Å². The van der Waals surface area contributed by atoms with Crippen molar-refractivity contribution in [3.8, 4) is 6.07 Å². The van der Waals surface area contributed by atoms with Gasteiger partial charge in [-0.1, -0.05) is 6.92 Å². The first kappa shape index (κ1) is 19.4. The van der Waals surface area contributed by atoms with Gasteiger partial charge >= 0.3 is 5.97 Å². The van der Waals surface area contributed by atoms with Crippen LogP contribution in [-0.4, -0.2) is 43.5 Å². The van der Waals surface area contributed by atoms with E-state index in [1.165, 1.54) is 16.2 Å². The molecular formula is C18H25N3O3S. The number of nitrogens with zero attached hydrogens (tertiary/aromatic N) is 2. The zero-order chi connectivity index (χ0) is 18.4. The van der Waals surface area contributed by atoms with Crippen molar-refractivity contribution in [1.29, 1.82) is 5.26 Å². The van der Waals surface area contributed by atoms with Crippen LogP contribution >= 0.6 is 11.3 Å². The van der Waals surface area contributed by atoms with Gasteiger partial charge in [-0.15, -0.1) is 11.3 Å². The largest absolute Gasteiger partial charge is 0.462 e. The summed E-state index contributed by atoms with van der Waals surface area (Å²) < 4.78 is 5.21. The van der Waals surface area contributed by atoms with Gasteiger partial charge in [0.25, 0.3) is 0 Å². The summed E-state index contributed by atoms with van der Waals surface area (Å²) >= 11 is 1.49. The van der Waals surface area contributed by atoms with Crippen molar-refractivity contribution in [2.75, 3.05) is 32.1 Å². The molecule has 0 spiro atoms. The number of nitrogens with one attached hydrogen (secondary N) is 1. The number of rotatable bonds is 7. The van der Waals surface area contributed by atoms with Crippen LogP contribution in [0.2, 0.25) is 0 Å². The standard InChI is InChI=1S/C18H25N3O3S/c1-4-24-18(23)16-13-7-6-12(2)10-14(13)25-17(16)20-15(22)11-21(3)9-5-8-19/h12H,4-7,9-11H2,1-3H3,(H,20,22). The molecule has 1 amide bonds. The van der Waals surface area contributed by atoms with E-state index in [1.807, 2.05) is 0 Å². The van der Waals surface area contributed by atoms with E-state index in [-0.39, 0.29) is 18.4 Å². The van der Waals surface area contributed by atoms with Crippen LogP contribution in [0.25, 0.3) is 0 Å². The molecule has 1 aliphatic rings. The van der Waals surface area contributed by atoms with Crippen LogP contribution in [0.1, 0.15) is 47.5 Å². The van der Waals surface area contributed by atoms with Crippen molar-refractivity contribution < 1.29 is 14.3 Å². The number of carbonyl (C=O) groups is 2. The van der Waals surface area contributed by atoms with Crippen LogP contribution in [0.15, 0.2) is 0 Å². The molecule has 0 aliphatic heterocycles. The maximum absolute atomic E-state index is 12.4. The van der Waals surface area contributed by atoms with E-state index in [4.69, 9.17) is 10.00 Å². The number of hydrogen-bond acceptors (Lipinski definition) is 6. The molecule has 1 aromatic heterocycles. The van der Waals surface area contributed by atoms with Gasteiger partial charge in [0, 0.05) is 17.8 Å². The third kappa shape index (κ3) is 5.03. The van der Waals surface area contributed by atoms with Crippen LogP contribution in [-0.2, 0) is 22.4 Å². The number of likely N-dealkylation sites (N-methyl/N-ethyl adjacent to an activating group) is 1. The van der Waals surface area contributed by atoms with Crippen molar-refractivity contribution >= 4 is 28.2 Å². The molecule has 7 heteroatoms. The van der Waals surface area contributed by atoms with Crippen LogP contribution in [0.4, 0.5) is 5.00 Å². The molecule has 1 unspecified atom stereocenters. The predicted molar refractivity (Wildman–Crippen MR) is 97.8 cm³/mol. The van der Waals surface area contributed by atoms with Crippen molar-refractivity contribution in [1.82, 2.24) is 4.90 Å². The average Bonchev–Trinajstić information content (AvgIpc) is 2.89. The maximum atomic E-state index is 12.4. The third-order valence-electron chi connectivity index (χ3n) is 4.26. The monoisotopic (exact) mass is 363 g/mol. The van der Waals surface area contributed by atoms with Gasteiger partial charge < -0.3 is 10.1 Å². The Bertz CT molecular complexity index is 678. The van der Waals surface area contributed by atoms with Crippen molar-refractivity contribution in [2.45, 2.75) is 39.5 Å². The van der Waals surface area contributed by atoms with Crippen LogP contribution in [0.5, 0.6) is 0 Å². The van der Waals surface area contributed by atoms with E-state index in [0.717, 1.165) is 24.8 Å². The zero-order valence-corrected chi connectivity index (χ0v) is 15.9. The Morgan fingerprint density at radius 2 is 2.24 bits per heavy atom. The second-order valence-electron chi connectivity index (χ2n) is 6.47. The maximum Gasteiger partial charge on any atom is 0.341 e. The highest BCUT2D eigenvalue weighted by atomic mass is 32.1. The Labute approximate surface area is 152 Å². The lowest BCUT2D eigenvalue weighted by Crippen LogP contribution is -2.31. The fourth-order valence-corrected chi connectivity index (χ4v) is 4.40. The summed E-state index contributed by atoms with van der Waals surface area (Å²) in [5.41, 5.74) is 1.57. The predicted octanol–water partition coefficient (Wildman–Crippen LogP) is 2.83. The van der Waals surface area contributed by atoms with Crippen molar-refractivity contribution in [3.05, 3.63) is 16.0 Å². The smallest absolute Gasteiger partial charge is 0.341 e. The van der Waals surface area contributed by atoms with Crippen LogP contribution in [0, 0.1) is 17.2 Å². The molecule has 2 rings (SSSR count). The second kappa shape index (κ2) is 8.97. The number of anilines is 1. The Balaban J connectivity index is 2.17. The number of nitriles is 1. The van der Waals surface area contributed by atoms with Gasteiger partial charge in [0.1, 0.15) is 5.00 Å². The minimum absolute atomic E-state index is 0.183. The molecule has 1 N–H and O–H groups in total. The number of carbonyl (C=O) groups excluding carboxylic acids is 2. The zero-order valence-electron chi connectivity index (χ0n) is 15.1. The molecule has 1 aliphatic carbocycles. The van der Waals surface area contributed by atoms with Gasteiger partial charge in [-0.25, -0.2) is 4.79 Å². The van der Waals surface area contributed by atoms with E-state index < -0.39 is 0 Å². The van der Waals surface area contributed by atoms with E-state index in [9.17, 15) is 9.59 Å². The molecule has 1 atom stereocenters. The lowest BCUT2D eigenvalue weighted by molar-refractivity contribution is -0.117. The molecular weight excluding hydrogens is 338 g/mol. The molecule has 25 heavy (non-hydrogen) atoms. The molecule has 0 fully saturated rings. The first-order valence-corrected chi connectivity index (χ1v) is 9.44. The van der Waals surface area contributed by atoms with Gasteiger partial charge in [-0.05, 0) is 44.7 Å². The summed E-state index contributed by atoms with van der Waals surface area (Å²) in [4.78, 5) is 27.7. The first-order valence-electron chi connectivity index (χ1n) is 8.63. The summed E-state index contributed by atoms with van der Waals surface area (Å²) in [5, 5.41) is 12.1. The van der Waals surface area contributed by atoms with Gasteiger partial charge in [0.15, 0.2) is 0 Å². The summed E-state index contributed by atoms with van der Waals surface area (Å²) in [6.45, 7) is 5.01. The number of fused-ring (bicyclic) bond motifs is 1. The third-order valence-corrected chi connectivity index (χ3v) is 5.43. The second-order valence-corrected chi connectivity index (χ2v) is 7.58. The Morgan fingerprint density at radius 1 is 1.48 bits per heavy atom. The molecule has 0 bridgehead atoms. The SMILES string of the molecule is CCOC(=O)c1c(NC(=O)CN(C)CCC#N)sc2c1CCC(C)C2. The van der Waals surface area contributed by atoms with E-state index in [0.29, 0.717) is 36.1 Å². The van der Waals surface area contributed by atoms with Crippen LogP contribution in [0.3, 0.4) is 0 Å². The highest BCUT2D eigenvalue weighted by Gasteiger charge is 2.29.